The van der Waals surface area contributed by atoms with Crippen LogP contribution in [0, 0.1) is 6.92 Å². The Morgan fingerprint density at radius 1 is 1.63 bits per heavy atom. The predicted molar refractivity (Wildman–Crippen MR) is 74.0 cm³/mol. The molecule has 1 aliphatic heterocycles. The largest absolute Gasteiger partial charge is 0.396 e. The van der Waals surface area contributed by atoms with E-state index in [0.29, 0.717) is 36.2 Å². The highest BCUT2D eigenvalue weighted by Crippen LogP contribution is 2.24. The van der Waals surface area contributed by atoms with Crippen molar-refractivity contribution < 1.29 is 14.6 Å². The zero-order valence-corrected chi connectivity index (χ0v) is 12.4. The summed E-state index contributed by atoms with van der Waals surface area (Å²) in [5, 5.41) is 12.1. The van der Waals surface area contributed by atoms with E-state index in [2.05, 4.69) is 26.2 Å². The van der Waals surface area contributed by atoms with Gasteiger partial charge in [-0.25, -0.2) is 4.98 Å². The Balaban J connectivity index is 2.17. The molecule has 1 unspecified atom stereocenters. The van der Waals surface area contributed by atoms with Crippen LogP contribution in [0.3, 0.4) is 0 Å². The molecular weight excluding hydrogens is 312 g/mol. The van der Waals surface area contributed by atoms with Gasteiger partial charge in [-0.2, -0.15) is 0 Å². The van der Waals surface area contributed by atoms with Crippen LogP contribution in [0.5, 0.6) is 0 Å². The fourth-order valence-electron chi connectivity index (χ4n) is 2.18. The molecule has 0 bridgehead atoms. The van der Waals surface area contributed by atoms with Crippen molar-refractivity contribution in [2.24, 2.45) is 0 Å². The summed E-state index contributed by atoms with van der Waals surface area (Å²) >= 11 is 3.33. The molecule has 1 fully saturated rings. The maximum atomic E-state index is 12.3. The number of aliphatic hydroxyl groups is 1. The number of carbonyl (C=O) groups is 1. The lowest BCUT2D eigenvalue weighted by atomic mass is 9.94. The smallest absolute Gasteiger partial charge is 0.271 e. The zero-order valence-electron chi connectivity index (χ0n) is 10.8. The summed E-state index contributed by atoms with van der Waals surface area (Å²) in [6.07, 6.45) is 1.20. The maximum Gasteiger partial charge on any atom is 0.271 e. The number of rotatable bonds is 4. The van der Waals surface area contributed by atoms with Crippen molar-refractivity contribution in [3.8, 4) is 0 Å². The van der Waals surface area contributed by atoms with Crippen LogP contribution in [0.1, 0.15) is 29.0 Å². The standard InChI is InChI=1S/C13H17BrN2O3/c1-9-2-3-10(14)11(15-9)12(18)16-13(4-6-17)5-7-19-8-13/h2-3,17H,4-8H2,1H3,(H,16,18). The molecule has 0 aliphatic carbocycles. The molecule has 0 aromatic carbocycles. The summed E-state index contributed by atoms with van der Waals surface area (Å²) in [7, 11) is 0. The second kappa shape index (κ2) is 5.98. The summed E-state index contributed by atoms with van der Waals surface area (Å²) < 4.78 is 6.01. The number of nitrogens with zero attached hydrogens (tertiary/aromatic N) is 1. The number of ether oxygens (including phenoxy) is 1. The summed E-state index contributed by atoms with van der Waals surface area (Å²) in [5.41, 5.74) is 0.674. The molecule has 2 heterocycles. The molecule has 1 aliphatic rings. The van der Waals surface area contributed by atoms with Gasteiger partial charge in [0.15, 0.2) is 0 Å². The van der Waals surface area contributed by atoms with Crippen molar-refractivity contribution in [2.75, 3.05) is 19.8 Å². The van der Waals surface area contributed by atoms with Crippen molar-refractivity contribution in [2.45, 2.75) is 25.3 Å². The SMILES string of the molecule is Cc1ccc(Br)c(C(=O)NC2(CCO)CCOC2)n1. The molecule has 0 radical (unpaired) electrons. The Morgan fingerprint density at radius 3 is 3.05 bits per heavy atom. The van der Waals surface area contributed by atoms with E-state index < -0.39 is 5.54 Å². The predicted octanol–water partition coefficient (Wildman–Crippen LogP) is 1.42. The first-order valence-corrected chi connectivity index (χ1v) is 7.00. The Labute approximate surface area is 120 Å². The fourth-order valence-corrected chi connectivity index (χ4v) is 2.58. The van der Waals surface area contributed by atoms with Gasteiger partial charge in [0.05, 0.1) is 12.1 Å². The van der Waals surface area contributed by atoms with Crippen molar-refractivity contribution in [3.05, 3.63) is 28.0 Å². The van der Waals surface area contributed by atoms with E-state index >= 15 is 0 Å². The van der Waals surface area contributed by atoms with Crippen LogP contribution in [0.2, 0.25) is 0 Å². The summed E-state index contributed by atoms with van der Waals surface area (Å²) in [6, 6.07) is 3.64. The first-order chi connectivity index (χ1) is 9.06. The molecule has 1 atom stereocenters. The maximum absolute atomic E-state index is 12.3. The van der Waals surface area contributed by atoms with Gasteiger partial charge in [0.1, 0.15) is 5.69 Å². The average molecular weight is 329 g/mol. The lowest BCUT2D eigenvalue weighted by Crippen LogP contribution is -2.50. The molecule has 1 amide bonds. The van der Waals surface area contributed by atoms with E-state index in [-0.39, 0.29) is 12.5 Å². The van der Waals surface area contributed by atoms with Crippen LogP contribution >= 0.6 is 15.9 Å². The Hall–Kier alpha value is -0.980. The van der Waals surface area contributed by atoms with Gasteiger partial charge < -0.3 is 15.2 Å². The topological polar surface area (TPSA) is 71.5 Å². The molecule has 0 saturated carbocycles. The van der Waals surface area contributed by atoms with E-state index in [9.17, 15) is 4.79 Å². The van der Waals surface area contributed by atoms with Gasteiger partial charge in [-0.15, -0.1) is 0 Å². The quantitative estimate of drug-likeness (QED) is 0.877. The molecule has 1 aromatic rings. The van der Waals surface area contributed by atoms with E-state index in [1.165, 1.54) is 0 Å². The van der Waals surface area contributed by atoms with Gasteiger partial charge in [-0.1, -0.05) is 0 Å². The molecular formula is C13H17BrN2O3. The second-order valence-corrected chi connectivity index (χ2v) is 5.65. The highest BCUT2D eigenvalue weighted by molar-refractivity contribution is 9.10. The number of aryl methyl sites for hydroxylation is 1. The number of halogens is 1. The van der Waals surface area contributed by atoms with E-state index in [1.54, 1.807) is 6.07 Å². The molecule has 2 rings (SSSR count). The van der Waals surface area contributed by atoms with Crippen molar-refractivity contribution >= 4 is 21.8 Å². The zero-order chi connectivity index (χ0) is 13.9. The number of hydrogen-bond acceptors (Lipinski definition) is 4. The highest BCUT2D eigenvalue weighted by Gasteiger charge is 2.36. The third-order valence-electron chi connectivity index (χ3n) is 3.27. The van der Waals surface area contributed by atoms with Crippen LogP contribution < -0.4 is 5.32 Å². The molecule has 6 heteroatoms. The van der Waals surface area contributed by atoms with Gasteiger partial charge in [0.25, 0.3) is 5.91 Å². The Morgan fingerprint density at radius 2 is 2.42 bits per heavy atom. The molecule has 0 spiro atoms. The number of pyridine rings is 1. The van der Waals surface area contributed by atoms with E-state index in [0.717, 1.165) is 5.69 Å². The Bertz CT molecular complexity index is 473. The van der Waals surface area contributed by atoms with Crippen LogP contribution in [0.15, 0.2) is 16.6 Å². The Kier molecular flexibility index (Phi) is 4.54. The number of aromatic nitrogens is 1. The number of amides is 1. The molecule has 2 N–H and O–H groups in total. The number of hydrogen-bond donors (Lipinski definition) is 2. The third-order valence-corrected chi connectivity index (χ3v) is 3.91. The van der Waals surface area contributed by atoms with Gasteiger partial charge in [0.2, 0.25) is 0 Å². The van der Waals surface area contributed by atoms with E-state index in [4.69, 9.17) is 9.84 Å². The summed E-state index contributed by atoms with van der Waals surface area (Å²) in [6.45, 7) is 2.89. The number of carbonyl (C=O) groups excluding carboxylic acids is 1. The highest BCUT2D eigenvalue weighted by atomic mass is 79.9. The van der Waals surface area contributed by atoms with Crippen molar-refractivity contribution in [1.82, 2.24) is 10.3 Å². The monoisotopic (exact) mass is 328 g/mol. The van der Waals surface area contributed by atoms with Crippen LogP contribution in [-0.4, -0.2) is 41.4 Å². The number of aliphatic hydroxyl groups excluding tert-OH is 1. The normalized spacial score (nSPS) is 22.5. The molecule has 1 aromatic heterocycles. The van der Waals surface area contributed by atoms with Crippen LogP contribution in [0.4, 0.5) is 0 Å². The van der Waals surface area contributed by atoms with Crippen molar-refractivity contribution in [3.63, 3.8) is 0 Å². The average Bonchev–Trinajstić information content (AvgIpc) is 2.81. The van der Waals surface area contributed by atoms with E-state index in [1.807, 2.05) is 13.0 Å². The third kappa shape index (κ3) is 3.32. The minimum absolute atomic E-state index is 0.0199. The number of nitrogens with one attached hydrogen (secondary N) is 1. The minimum Gasteiger partial charge on any atom is -0.396 e. The van der Waals surface area contributed by atoms with Crippen LogP contribution in [-0.2, 0) is 4.74 Å². The minimum atomic E-state index is -0.475. The van der Waals surface area contributed by atoms with Crippen molar-refractivity contribution in [1.29, 1.82) is 0 Å². The summed E-state index contributed by atoms with van der Waals surface area (Å²) in [4.78, 5) is 16.6. The second-order valence-electron chi connectivity index (χ2n) is 4.79. The summed E-state index contributed by atoms with van der Waals surface area (Å²) in [5.74, 6) is -0.241. The lowest BCUT2D eigenvalue weighted by molar-refractivity contribution is 0.0844. The molecule has 5 nitrogen and oxygen atoms in total. The van der Waals surface area contributed by atoms with Crippen LogP contribution in [0.25, 0.3) is 0 Å². The molecule has 104 valence electrons. The first kappa shape index (κ1) is 14.4. The van der Waals surface area contributed by atoms with Gasteiger partial charge >= 0.3 is 0 Å². The fraction of sp³-hybridized carbons (Fsp3) is 0.538. The molecule has 1 saturated heterocycles. The first-order valence-electron chi connectivity index (χ1n) is 6.21. The van der Waals surface area contributed by atoms with Gasteiger partial charge in [-0.05, 0) is 47.8 Å². The lowest BCUT2D eigenvalue weighted by Gasteiger charge is -2.28. The van der Waals surface area contributed by atoms with Gasteiger partial charge in [-0.3, -0.25) is 4.79 Å². The molecule has 19 heavy (non-hydrogen) atoms. The van der Waals surface area contributed by atoms with Gasteiger partial charge in [0, 0.05) is 23.4 Å².